The average molecular weight is 224 g/mol. The highest BCUT2D eigenvalue weighted by Crippen LogP contribution is 2.20. The molecular formula is C14H28N2. The molecule has 1 saturated carbocycles. The maximum Gasteiger partial charge on any atom is 0.0198 e. The highest BCUT2D eigenvalue weighted by molar-refractivity contribution is 4.83. The van der Waals surface area contributed by atoms with Crippen LogP contribution in [-0.2, 0) is 0 Å². The molecule has 1 heterocycles. The standard InChI is InChI=1S/C14H28N2/c1-12(2)16-10-6-9-14(11-16)15-13-7-4-3-5-8-13/h12-15H,3-11H2,1-2H3. The Balaban J connectivity index is 1.75. The fourth-order valence-corrected chi connectivity index (χ4v) is 3.21. The lowest BCUT2D eigenvalue weighted by Crippen LogP contribution is -2.51. The summed E-state index contributed by atoms with van der Waals surface area (Å²) in [5, 5.41) is 3.90. The van der Waals surface area contributed by atoms with E-state index in [1.807, 2.05) is 0 Å². The summed E-state index contributed by atoms with van der Waals surface area (Å²) in [6.07, 6.45) is 9.94. The number of likely N-dealkylation sites (tertiary alicyclic amines) is 1. The van der Waals surface area contributed by atoms with Gasteiger partial charge in [-0.05, 0) is 46.1 Å². The van der Waals surface area contributed by atoms with E-state index in [-0.39, 0.29) is 0 Å². The van der Waals surface area contributed by atoms with Crippen LogP contribution in [0.15, 0.2) is 0 Å². The van der Waals surface area contributed by atoms with Crippen molar-refractivity contribution in [3.05, 3.63) is 0 Å². The number of nitrogens with one attached hydrogen (secondary N) is 1. The van der Waals surface area contributed by atoms with Crippen LogP contribution in [0.5, 0.6) is 0 Å². The van der Waals surface area contributed by atoms with Crippen molar-refractivity contribution >= 4 is 0 Å². The molecule has 1 unspecified atom stereocenters. The summed E-state index contributed by atoms with van der Waals surface area (Å²) in [6.45, 7) is 7.22. The van der Waals surface area contributed by atoms with E-state index >= 15 is 0 Å². The number of hydrogen-bond donors (Lipinski definition) is 1. The highest BCUT2D eigenvalue weighted by Gasteiger charge is 2.24. The van der Waals surface area contributed by atoms with Gasteiger partial charge in [-0.1, -0.05) is 19.3 Å². The van der Waals surface area contributed by atoms with Crippen LogP contribution < -0.4 is 5.32 Å². The average Bonchev–Trinajstić information content (AvgIpc) is 2.30. The van der Waals surface area contributed by atoms with Crippen molar-refractivity contribution in [2.24, 2.45) is 0 Å². The van der Waals surface area contributed by atoms with E-state index in [4.69, 9.17) is 0 Å². The Kier molecular flexibility index (Phi) is 4.66. The molecule has 2 heteroatoms. The van der Waals surface area contributed by atoms with Crippen molar-refractivity contribution in [1.82, 2.24) is 10.2 Å². The Bertz CT molecular complexity index is 197. The molecule has 1 N–H and O–H groups in total. The Hall–Kier alpha value is -0.0800. The number of hydrogen-bond acceptors (Lipinski definition) is 2. The number of rotatable bonds is 3. The maximum atomic E-state index is 3.90. The fraction of sp³-hybridized carbons (Fsp3) is 1.00. The normalized spacial score (nSPS) is 29.8. The third kappa shape index (κ3) is 3.46. The fourth-order valence-electron chi connectivity index (χ4n) is 3.21. The first-order chi connectivity index (χ1) is 7.75. The SMILES string of the molecule is CC(C)N1CCCC(NC2CCCCC2)C1. The summed E-state index contributed by atoms with van der Waals surface area (Å²) in [6, 6.07) is 2.31. The van der Waals surface area contributed by atoms with Crippen molar-refractivity contribution in [2.75, 3.05) is 13.1 Å². The van der Waals surface area contributed by atoms with Gasteiger partial charge < -0.3 is 5.32 Å². The third-order valence-electron chi connectivity index (χ3n) is 4.26. The van der Waals surface area contributed by atoms with Crippen LogP contribution in [0.3, 0.4) is 0 Å². The Morgan fingerprint density at radius 2 is 1.62 bits per heavy atom. The topological polar surface area (TPSA) is 15.3 Å². The zero-order chi connectivity index (χ0) is 11.4. The van der Waals surface area contributed by atoms with Gasteiger partial charge in [-0.3, -0.25) is 4.90 Å². The van der Waals surface area contributed by atoms with Gasteiger partial charge in [0.15, 0.2) is 0 Å². The van der Waals surface area contributed by atoms with Crippen molar-refractivity contribution in [2.45, 2.75) is 76.9 Å². The third-order valence-corrected chi connectivity index (χ3v) is 4.26. The van der Waals surface area contributed by atoms with Gasteiger partial charge in [0.2, 0.25) is 0 Å². The molecule has 0 spiro atoms. The van der Waals surface area contributed by atoms with Crippen molar-refractivity contribution in [3.63, 3.8) is 0 Å². The second-order valence-corrected chi connectivity index (χ2v) is 5.93. The van der Waals surface area contributed by atoms with Gasteiger partial charge in [-0.15, -0.1) is 0 Å². The van der Waals surface area contributed by atoms with Crippen molar-refractivity contribution < 1.29 is 0 Å². The summed E-state index contributed by atoms with van der Waals surface area (Å²) in [4.78, 5) is 2.63. The summed E-state index contributed by atoms with van der Waals surface area (Å²) < 4.78 is 0. The summed E-state index contributed by atoms with van der Waals surface area (Å²) in [5.74, 6) is 0. The molecule has 0 bridgehead atoms. The Morgan fingerprint density at radius 1 is 0.938 bits per heavy atom. The zero-order valence-electron chi connectivity index (χ0n) is 11.0. The van der Waals surface area contributed by atoms with Gasteiger partial charge in [0.25, 0.3) is 0 Å². The highest BCUT2D eigenvalue weighted by atomic mass is 15.2. The van der Waals surface area contributed by atoms with E-state index < -0.39 is 0 Å². The molecule has 1 saturated heterocycles. The van der Waals surface area contributed by atoms with E-state index in [0.29, 0.717) is 0 Å². The van der Waals surface area contributed by atoms with Crippen molar-refractivity contribution in [3.8, 4) is 0 Å². The second kappa shape index (κ2) is 6.02. The first kappa shape index (κ1) is 12.4. The van der Waals surface area contributed by atoms with Gasteiger partial charge in [0.05, 0.1) is 0 Å². The molecule has 1 aliphatic heterocycles. The monoisotopic (exact) mass is 224 g/mol. The summed E-state index contributed by atoms with van der Waals surface area (Å²) >= 11 is 0. The van der Waals surface area contributed by atoms with E-state index in [9.17, 15) is 0 Å². The van der Waals surface area contributed by atoms with E-state index in [1.165, 1.54) is 58.0 Å². The van der Waals surface area contributed by atoms with E-state index in [2.05, 4.69) is 24.1 Å². The van der Waals surface area contributed by atoms with Crippen LogP contribution >= 0.6 is 0 Å². The van der Waals surface area contributed by atoms with Gasteiger partial charge in [0.1, 0.15) is 0 Å². The summed E-state index contributed by atoms with van der Waals surface area (Å²) in [7, 11) is 0. The van der Waals surface area contributed by atoms with Gasteiger partial charge >= 0.3 is 0 Å². The smallest absolute Gasteiger partial charge is 0.0198 e. The van der Waals surface area contributed by atoms with Crippen LogP contribution in [0.1, 0.15) is 58.8 Å². The molecule has 1 aliphatic carbocycles. The van der Waals surface area contributed by atoms with Gasteiger partial charge in [0, 0.05) is 24.7 Å². The molecule has 0 amide bonds. The molecular weight excluding hydrogens is 196 g/mol. The largest absolute Gasteiger partial charge is 0.310 e. The van der Waals surface area contributed by atoms with Crippen LogP contribution in [0.25, 0.3) is 0 Å². The lowest BCUT2D eigenvalue weighted by Gasteiger charge is -2.38. The molecule has 16 heavy (non-hydrogen) atoms. The van der Waals surface area contributed by atoms with E-state index in [1.54, 1.807) is 0 Å². The lowest BCUT2D eigenvalue weighted by molar-refractivity contribution is 0.144. The van der Waals surface area contributed by atoms with E-state index in [0.717, 1.165) is 18.1 Å². The number of nitrogens with zero attached hydrogens (tertiary/aromatic N) is 1. The molecule has 2 aliphatic rings. The molecule has 2 fully saturated rings. The van der Waals surface area contributed by atoms with Crippen LogP contribution in [0.2, 0.25) is 0 Å². The quantitative estimate of drug-likeness (QED) is 0.793. The van der Waals surface area contributed by atoms with Gasteiger partial charge in [-0.25, -0.2) is 0 Å². The molecule has 0 radical (unpaired) electrons. The zero-order valence-corrected chi connectivity index (χ0v) is 11.0. The maximum absolute atomic E-state index is 3.90. The van der Waals surface area contributed by atoms with Crippen LogP contribution in [0, 0.1) is 0 Å². The lowest BCUT2D eigenvalue weighted by atomic mass is 9.93. The first-order valence-electron chi connectivity index (χ1n) is 7.26. The molecule has 0 aromatic rings. The van der Waals surface area contributed by atoms with Crippen LogP contribution in [0.4, 0.5) is 0 Å². The van der Waals surface area contributed by atoms with Crippen molar-refractivity contribution in [1.29, 1.82) is 0 Å². The number of piperidine rings is 1. The minimum atomic E-state index is 0.718. The Morgan fingerprint density at radius 3 is 2.31 bits per heavy atom. The predicted molar refractivity (Wildman–Crippen MR) is 69.7 cm³/mol. The minimum absolute atomic E-state index is 0.718. The Labute approximate surface area is 101 Å². The minimum Gasteiger partial charge on any atom is -0.310 e. The molecule has 2 nitrogen and oxygen atoms in total. The predicted octanol–water partition coefficient (Wildman–Crippen LogP) is 2.78. The first-order valence-corrected chi connectivity index (χ1v) is 7.26. The molecule has 94 valence electrons. The van der Waals surface area contributed by atoms with Crippen LogP contribution in [-0.4, -0.2) is 36.1 Å². The summed E-state index contributed by atoms with van der Waals surface area (Å²) in [5.41, 5.74) is 0. The molecule has 0 aromatic heterocycles. The molecule has 1 atom stereocenters. The molecule has 2 rings (SSSR count). The van der Waals surface area contributed by atoms with Gasteiger partial charge in [-0.2, -0.15) is 0 Å². The second-order valence-electron chi connectivity index (χ2n) is 5.93. The molecule has 0 aromatic carbocycles.